The largest absolute Gasteiger partial charge is 0.377 e. The molecule has 1 saturated heterocycles. The van der Waals surface area contributed by atoms with Crippen LogP contribution in [-0.2, 0) is 4.74 Å². The maximum absolute atomic E-state index is 6.02. The molecule has 2 rings (SSSR count). The molecule has 0 spiro atoms. The zero-order valence-electron chi connectivity index (χ0n) is 9.71. The Hall–Kier alpha value is 0.270. The maximum Gasteiger partial charge on any atom is 0.0672 e. The first-order chi connectivity index (χ1) is 7.32. The second-order valence-corrected chi connectivity index (χ2v) is 6.03. The van der Waals surface area contributed by atoms with Gasteiger partial charge in [0.1, 0.15) is 0 Å². The van der Waals surface area contributed by atoms with Crippen LogP contribution in [0.15, 0.2) is 0 Å². The molecule has 2 aliphatic rings. The van der Waals surface area contributed by atoms with Crippen LogP contribution < -0.4 is 5.73 Å². The quantitative estimate of drug-likeness (QED) is 0.710. The van der Waals surface area contributed by atoms with Crippen LogP contribution in [0, 0.1) is 11.3 Å². The molecule has 15 heavy (non-hydrogen) atoms. The molecule has 0 aromatic carbocycles. The van der Waals surface area contributed by atoms with Crippen LogP contribution in [0.5, 0.6) is 0 Å². The lowest BCUT2D eigenvalue weighted by atomic mass is 9.75. The lowest BCUT2D eigenvalue weighted by molar-refractivity contribution is 0.0303. The summed E-state index contributed by atoms with van der Waals surface area (Å²) >= 11 is 1.94. The van der Waals surface area contributed by atoms with Crippen LogP contribution in [0.2, 0.25) is 0 Å². The van der Waals surface area contributed by atoms with E-state index in [1.54, 1.807) is 0 Å². The van der Waals surface area contributed by atoms with Gasteiger partial charge < -0.3 is 10.5 Å². The van der Waals surface area contributed by atoms with E-state index in [0.717, 1.165) is 19.1 Å². The van der Waals surface area contributed by atoms with Crippen molar-refractivity contribution in [1.82, 2.24) is 0 Å². The van der Waals surface area contributed by atoms with Crippen molar-refractivity contribution < 1.29 is 4.74 Å². The molecule has 0 amide bonds. The number of ether oxygens (including phenoxy) is 1. The third-order valence-corrected chi connectivity index (χ3v) is 4.68. The van der Waals surface area contributed by atoms with E-state index >= 15 is 0 Å². The fourth-order valence-corrected chi connectivity index (χ4v) is 3.33. The van der Waals surface area contributed by atoms with Crippen LogP contribution in [0.25, 0.3) is 0 Å². The molecule has 0 aromatic heterocycles. The van der Waals surface area contributed by atoms with Crippen molar-refractivity contribution in [2.75, 3.05) is 25.2 Å². The third kappa shape index (κ3) is 2.51. The van der Waals surface area contributed by atoms with Crippen LogP contribution in [-0.4, -0.2) is 31.3 Å². The van der Waals surface area contributed by atoms with Gasteiger partial charge in [-0.3, -0.25) is 0 Å². The summed E-state index contributed by atoms with van der Waals surface area (Å²) in [6, 6.07) is 0. The van der Waals surface area contributed by atoms with Gasteiger partial charge in [-0.15, -0.1) is 0 Å². The molecule has 0 radical (unpaired) electrons. The molecule has 2 unspecified atom stereocenters. The zero-order valence-corrected chi connectivity index (χ0v) is 10.5. The molecule has 0 bridgehead atoms. The monoisotopic (exact) mass is 229 g/mol. The summed E-state index contributed by atoms with van der Waals surface area (Å²) in [6.07, 6.45) is 9.17. The van der Waals surface area contributed by atoms with E-state index in [1.807, 2.05) is 11.8 Å². The van der Waals surface area contributed by atoms with E-state index in [0.29, 0.717) is 11.5 Å². The molecule has 3 heteroatoms. The standard InChI is InChI=1S/C12H23NOS/c1-15-8-2-5-12(9-13)6-7-14-11(12)10-3-4-10/h10-11H,2-9,13H2,1H3. The first-order valence-electron chi connectivity index (χ1n) is 6.13. The Morgan fingerprint density at radius 1 is 1.47 bits per heavy atom. The Labute approximate surface area is 97.3 Å². The number of hydrogen-bond donors (Lipinski definition) is 1. The molecular weight excluding hydrogens is 206 g/mol. The van der Waals surface area contributed by atoms with Crippen LogP contribution in [0.3, 0.4) is 0 Å². The number of thioether (sulfide) groups is 1. The molecule has 1 heterocycles. The third-order valence-electron chi connectivity index (χ3n) is 3.98. The summed E-state index contributed by atoms with van der Waals surface area (Å²) in [6.45, 7) is 1.76. The molecular formula is C12H23NOS. The number of hydrogen-bond acceptors (Lipinski definition) is 3. The van der Waals surface area contributed by atoms with Gasteiger partial charge in [-0.25, -0.2) is 0 Å². The van der Waals surface area contributed by atoms with Gasteiger partial charge in [-0.2, -0.15) is 11.8 Å². The van der Waals surface area contributed by atoms with E-state index in [9.17, 15) is 0 Å². The molecule has 2 fully saturated rings. The summed E-state index contributed by atoms with van der Waals surface area (Å²) in [4.78, 5) is 0. The van der Waals surface area contributed by atoms with Crippen molar-refractivity contribution in [3.63, 3.8) is 0 Å². The minimum atomic E-state index is 0.330. The fraction of sp³-hybridized carbons (Fsp3) is 1.00. The SMILES string of the molecule is CSCCCC1(CN)CCOC1C1CC1. The molecule has 0 aromatic rings. The minimum absolute atomic E-state index is 0.330. The minimum Gasteiger partial charge on any atom is -0.377 e. The number of rotatable bonds is 6. The summed E-state index contributed by atoms with van der Waals surface area (Å²) in [5.41, 5.74) is 6.35. The van der Waals surface area contributed by atoms with Crippen molar-refractivity contribution in [3.8, 4) is 0 Å². The molecule has 2 N–H and O–H groups in total. The van der Waals surface area contributed by atoms with Crippen molar-refractivity contribution in [3.05, 3.63) is 0 Å². The van der Waals surface area contributed by atoms with Crippen molar-refractivity contribution in [2.24, 2.45) is 17.1 Å². The Balaban J connectivity index is 1.92. The number of nitrogens with two attached hydrogens (primary N) is 1. The van der Waals surface area contributed by atoms with Crippen molar-refractivity contribution >= 4 is 11.8 Å². The van der Waals surface area contributed by atoms with Gasteiger partial charge in [0.05, 0.1) is 6.10 Å². The Morgan fingerprint density at radius 3 is 2.87 bits per heavy atom. The first kappa shape index (κ1) is 11.7. The van der Waals surface area contributed by atoms with E-state index in [2.05, 4.69) is 6.26 Å². The normalized spacial score (nSPS) is 36.0. The van der Waals surface area contributed by atoms with E-state index < -0.39 is 0 Å². The predicted octanol–water partition coefficient (Wildman–Crippen LogP) is 2.27. The first-order valence-corrected chi connectivity index (χ1v) is 7.52. The van der Waals surface area contributed by atoms with Gasteiger partial charge in [0, 0.05) is 18.6 Å². The molecule has 2 nitrogen and oxygen atoms in total. The lowest BCUT2D eigenvalue weighted by Crippen LogP contribution is -2.39. The summed E-state index contributed by atoms with van der Waals surface area (Å²) < 4.78 is 5.93. The van der Waals surface area contributed by atoms with Gasteiger partial charge in [-0.1, -0.05) is 0 Å². The van der Waals surface area contributed by atoms with E-state index in [-0.39, 0.29) is 0 Å². The van der Waals surface area contributed by atoms with Crippen LogP contribution in [0.4, 0.5) is 0 Å². The Kier molecular flexibility index (Phi) is 3.97. The predicted molar refractivity (Wildman–Crippen MR) is 66.2 cm³/mol. The van der Waals surface area contributed by atoms with Gasteiger partial charge in [0.25, 0.3) is 0 Å². The lowest BCUT2D eigenvalue weighted by Gasteiger charge is -2.33. The smallest absolute Gasteiger partial charge is 0.0672 e. The highest BCUT2D eigenvalue weighted by Crippen LogP contribution is 2.49. The second-order valence-electron chi connectivity index (χ2n) is 5.04. The molecule has 1 aliphatic carbocycles. The van der Waals surface area contributed by atoms with Crippen molar-refractivity contribution in [2.45, 2.75) is 38.2 Å². The zero-order chi connectivity index (χ0) is 10.7. The van der Waals surface area contributed by atoms with Crippen molar-refractivity contribution in [1.29, 1.82) is 0 Å². The summed E-state index contributed by atoms with van der Waals surface area (Å²) in [5.74, 6) is 2.10. The Bertz CT molecular complexity index is 208. The molecule has 88 valence electrons. The van der Waals surface area contributed by atoms with E-state index in [4.69, 9.17) is 10.5 Å². The average molecular weight is 229 g/mol. The summed E-state index contributed by atoms with van der Waals surface area (Å²) in [5, 5.41) is 0. The highest BCUT2D eigenvalue weighted by molar-refractivity contribution is 7.98. The summed E-state index contributed by atoms with van der Waals surface area (Å²) in [7, 11) is 0. The fourth-order valence-electron chi connectivity index (χ4n) is 2.90. The molecule has 1 aliphatic heterocycles. The van der Waals surface area contributed by atoms with Crippen LogP contribution in [0.1, 0.15) is 32.1 Å². The molecule has 2 atom stereocenters. The van der Waals surface area contributed by atoms with Gasteiger partial charge in [0.2, 0.25) is 0 Å². The maximum atomic E-state index is 6.02. The van der Waals surface area contributed by atoms with Crippen LogP contribution >= 0.6 is 11.8 Å². The highest BCUT2D eigenvalue weighted by atomic mass is 32.2. The van der Waals surface area contributed by atoms with E-state index in [1.165, 1.54) is 37.9 Å². The average Bonchev–Trinajstić information content (AvgIpc) is 3.01. The highest BCUT2D eigenvalue weighted by Gasteiger charge is 2.49. The topological polar surface area (TPSA) is 35.2 Å². The Morgan fingerprint density at radius 2 is 2.27 bits per heavy atom. The van der Waals surface area contributed by atoms with Gasteiger partial charge >= 0.3 is 0 Å². The molecule has 1 saturated carbocycles. The van der Waals surface area contributed by atoms with Gasteiger partial charge in [-0.05, 0) is 50.0 Å². The second kappa shape index (κ2) is 5.07. The van der Waals surface area contributed by atoms with Gasteiger partial charge in [0.15, 0.2) is 0 Å².